The Kier molecular flexibility index (Phi) is 6.27. The van der Waals surface area contributed by atoms with Crippen LogP contribution in [0.25, 0.3) is 0 Å². The maximum Gasteiger partial charge on any atom is 0.289 e. The summed E-state index contributed by atoms with van der Waals surface area (Å²) in [5, 5.41) is 2.57. The molecule has 0 unspecified atom stereocenters. The fourth-order valence-corrected chi connectivity index (χ4v) is 3.69. The van der Waals surface area contributed by atoms with E-state index < -0.39 is 0 Å². The van der Waals surface area contributed by atoms with Crippen LogP contribution in [-0.2, 0) is 21.5 Å². The second-order valence-corrected chi connectivity index (χ2v) is 8.74. The average Bonchev–Trinajstić information content (AvgIpc) is 2.99. The number of hydrogen-bond acceptors (Lipinski definition) is 5. The first-order valence-electron chi connectivity index (χ1n) is 9.32. The van der Waals surface area contributed by atoms with Crippen LogP contribution in [0.5, 0.6) is 5.75 Å². The van der Waals surface area contributed by atoms with Gasteiger partial charge in [-0.05, 0) is 34.7 Å². The lowest BCUT2D eigenvalue weighted by Gasteiger charge is -2.22. The summed E-state index contributed by atoms with van der Waals surface area (Å²) in [7, 11) is 0. The molecule has 1 saturated heterocycles. The highest BCUT2D eigenvalue weighted by molar-refractivity contribution is 8.14. The van der Waals surface area contributed by atoms with E-state index in [9.17, 15) is 14.4 Å². The Morgan fingerprint density at radius 2 is 1.79 bits per heavy atom. The molecule has 0 aromatic heterocycles. The molecule has 3 amide bonds. The van der Waals surface area contributed by atoms with E-state index in [0.717, 1.165) is 22.9 Å². The quantitative estimate of drug-likeness (QED) is 0.770. The summed E-state index contributed by atoms with van der Waals surface area (Å²) in [6.45, 7) is 6.44. The molecule has 0 bridgehead atoms. The minimum atomic E-state index is -0.261. The molecule has 2 aromatic rings. The Labute approximate surface area is 174 Å². The van der Waals surface area contributed by atoms with E-state index in [0.29, 0.717) is 11.4 Å². The highest BCUT2D eigenvalue weighted by Gasteiger charge is 2.29. The summed E-state index contributed by atoms with van der Waals surface area (Å²) in [6, 6.07) is 14.8. The van der Waals surface area contributed by atoms with Gasteiger partial charge >= 0.3 is 0 Å². The lowest BCUT2D eigenvalue weighted by Crippen LogP contribution is -2.27. The maximum absolute atomic E-state index is 12.3. The molecule has 1 N–H and O–H groups in total. The molecule has 2 aromatic carbocycles. The zero-order chi connectivity index (χ0) is 21.0. The average molecular weight is 413 g/mol. The number of carbonyl (C=O) groups excluding carboxylic acids is 3. The standard InChI is InChI=1S/C22H24N2O4S/c1-22(2,3)17-6-4-5-7-18(17)28-13-19(25)23-16-10-8-15(9-11-16)12-24-20(26)14-29-21(24)27/h4-11H,12-14H2,1-3H3,(H,23,25). The summed E-state index contributed by atoms with van der Waals surface area (Å²) in [6.07, 6.45) is 0. The Morgan fingerprint density at radius 1 is 1.10 bits per heavy atom. The molecule has 0 radical (unpaired) electrons. The molecule has 6 nitrogen and oxygen atoms in total. The van der Waals surface area contributed by atoms with Crippen LogP contribution in [0.2, 0.25) is 0 Å². The second-order valence-electron chi connectivity index (χ2n) is 7.81. The van der Waals surface area contributed by atoms with Gasteiger partial charge in [0, 0.05) is 5.69 Å². The van der Waals surface area contributed by atoms with Crippen molar-refractivity contribution in [2.75, 3.05) is 17.7 Å². The fourth-order valence-electron chi connectivity index (χ4n) is 2.96. The lowest BCUT2D eigenvalue weighted by molar-refractivity contribution is -0.125. The highest BCUT2D eigenvalue weighted by atomic mass is 32.2. The monoisotopic (exact) mass is 412 g/mol. The van der Waals surface area contributed by atoms with Gasteiger partial charge in [-0.2, -0.15) is 0 Å². The molecule has 1 fully saturated rings. The SMILES string of the molecule is CC(C)(C)c1ccccc1OCC(=O)Nc1ccc(CN2C(=O)CSC2=O)cc1. The third-order valence-electron chi connectivity index (χ3n) is 4.47. The molecule has 0 spiro atoms. The van der Waals surface area contributed by atoms with Crippen LogP contribution in [0.15, 0.2) is 48.5 Å². The Balaban J connectivity index is 1.55. The zero-order valence-corrected chi connectivity index (χ0v) is 17.5. The van der Waals surface area contributed by atoms with Gasteiger partial charge in [0.2, 0.25) is 5.91 Å². The number of anilines is 1. The number of ether oxygens (including phenoxy) is 1. The highest BCUT2D eigenvalue weighted by Crippen LogP contribution is 2.31. The van der Waals surface area contributed by atoms with Crippen molar-refractivity contribution in [3.63, 3.8) is 0 Å². The number of rotatable bonds is 6. The Morgan fingerprint density at radius 3 is 2.41 bits per heavy atom. The van der Waals surface area contributed by atoms with Gasteiger partial charge in [-0.1, -0.05) is 62.9 Å². The molecule has 0 atom stereocenters. The minimum Gasteiger partial charge on any atom is -0.483 e. The normalized spacial score (nSPS) is 14.2. The molecule has 7 heteroatoms. The van der Waals surface area contributed by atoms with Crippen molar-refractivity contribution in [3.8, 4) is 5.75 Å². The molecule has 1 heterocycles. The molecule has 0 saturated carbocycles. The lowest BCUT2D eigenvalue weighted by atomic mass is 9.86. The van der Waals surface area contributed by atoms with Crippen molar-refractivity contribution >= 4 is 34.5 Å². The first-order valence-corrected chi connectivity index (χ1v) is 10.3. The van der Waals surface area contributed by atoms with Gasteiger partial charge < -0.3 is 10.1 Å². The van der Waals surface area contributed by atoms with Crippen molar-refractivity contribution in [1.29, 1.82) is 0 Å². The van der Waals surface area contributed by atoms with Gasteiger partial charge in [-0.3, -0.25) is 19.3 Å². The third kappa shape index (κ3) is 5.38. The Hall–Kier alpha value is -2.80. The van der Waals surface area contributed by atoms with E-state index in [1.807, 2.05) is 24.3 Å². The van der Waals surface area contributed by atoms with Crippen LogP contribution in [0.1, 0.15) is 31.9 Å². The van der Waals surface area contributed by atoms with E-state index in [2.05, 4.69) is 26.1 Å². The van der Waals surface area contributed by atoms with Gasteiger partial charge in [0.05, 0.1) is 12.3 Å². The number of amides is 3. The van der Waals surface area contributed by atoms with Gasteiger partial charge in [0.15, 0.2) is 6.61 Å². The summed E-state index contributed by atoms with van der Waals surface area (Å²) < 4.78 is 5.74. The molecule has 1 aliphatic rings. The predicted molar refractivity (Wildman–Crippen MR) is 114 cm³/mol. The molecule has 0 aliphatic carbocycles. The first kappa shape index (κ1) is 20.9. The number of hydrogen-bond donors (Lipinski definition) is 1. The van der Waals surface area contributed by atoms with Crippen LogP contribution >= 0.6 is 11.8 Å². The van der Waals surface area contributed by atoms with Crippen molar-refractivity contribution < 1.29 is 19.1 Å². The van der Waals surface area contributed by atoms with Crippen LogP contribution in [0.4, 0.5) is 10.5 Å². The van der Waals surface area contributed by atoms with Crippen LogP contribution in [-0.4, -0.2) is 34.3 Å². The number of nitrogens with zero attached hydrogens (tertiary/aromatic N) is 1. The van der Waals surface area contributed by atoms with Gasteiger partial charge in [-0.25, -0.2) is 0 Å². The fraction of sp³-hybridized carbons (Fsp3) is 0.318. The molecule has 29 heavy (non-hydrogen) atoms. The molecule has 3 rings (SSSR count). The topological polar surface area (TPSA) is 75.7 Å². The maximum atomic E-state index is 12.3. The van der Waals surface area contributed by atoms with Crippen molar-refractivity contribution in [2.45, 2.75) is 32.7 Å². The summed E-state index contributed by atoms with van der Waals surface area (Å²) in [5.74, 6) is 0.460. The largest absolute Gasteiger partial charge is 0.483 e. The summed E-state index contributed by atoms with van der Waals surface area (Å²) in [4.78, 5) is 36.9. The molecule has 1 aliphatic heterocycles. The molecular formula is C22H24N2O4S. The number of nitrogens with one attached hydrogen (secondary N) is 1. The van der Waals surface area contributed by atoms with E-state index in [4.69, 9.17) is 4.74 Å². The minimum absolute atomic E-state index is 0.0838. The number of benzene rings is 2. The van der Waals surface area contributed by atoms with Gasteiger partial charge in [0.25, 0.3) is 11.1 Å². The van der Waals surface area contributed by atoms with Crippen molar-refractivity contribution in [3.05, 3.63) is 59.7 Å². The van der Waals surface area contributed by atoms with Crippen LogP contribution in [0.3, 0.4) is 0 Å². The summed E-state index contributed by atoms with van der Waals surface area (Å²) in [5.41, 5.74) is 2.41. The van der Waals surface area contributed by atoms with E-state index in [-0.39, 0.29) is 41.4 Å². The first-order chi connectivity index (χ1) is 13.7. The molecular weight excluding hydrogens is 388 g/mol. The third-order valence-corrected chi connectivity index (χ3v) is 5.33. The van der Waals surface area contributed by atoms with Crippen molar-refractivity contribution in [2.24, 2.45) is 0 Å². The van der Waals surface area contributed by atoms with Crippen LogP contribution in [0, 0.1) is 0 Å². The second kappa shape index (κ2) is 8.69. The zero-order valence-electron chi connectivity index (χ0n) is 16.7. The smallest absolute Gasteiger partial charge is 0.289 e. The van der Waals surface area contributed by atoms with E-state index >= 15 is 0 Å². The predicted octanol–water partition coefficient (Wildman–Crippen LogP) is 4.20. The Bertz CT molecular complexity index is 903. The van der Waals surface area contributed by atoms with Crippen molar-refractivity contribution in [1.82, 2.24) is 4.90 Å². The van der Waals surface area contributed by atoms with Crippen LogP contribution < -0.4 is 10.1 Å². The van der Waals surface area contributed by atoms with Gasteiger partial charge in [-0.15, -0.1) is 0 Å². The van der Waals surface area contributed by atoms with E-state index in [1.54, 1.807) is 24.3 Å². The number of para-hydroxylation sites is 1. The molecule has 152 valence electrons. The summed E-state index contributed by atoms with van der Waals surface area (Å²) >= 11 is 1.02. The van der Waals surface area contributed by atoms with E-state index in [1.165, 1.54) is 4.90 Å². The van der Waals surface area contributed by atoms with Gasteiger partial charge in [0.1, 0.15) is 5.75 Å². The number of carbonyl (C=O) groups is 3. The number of imide groups is 1. The number of thioether (sulfide) groups is 1.